The predicted octanol–water partition coefficient (Wildman–Crippen LogP) is 5.30. The summed E-state index contributed by atoms with van der Waals surface area (Å²) in [6.07, 6.45) is 4.34. The number of aromatic amines is 1. The van der Waals surface area contributed by atoms with Gasteiger partial charge in [0.05, 0.1) is 0 Å². The molecule has 0 aliphatic rings. The van der Waals surface area contributed by atoms with Crippen LogP contribution in [0.5, 0.6) is 0 Å². The van der Waals surface area contributed by atoms with E-state index in [1.165, 1.54) is 44.4 Å². The Balaban J connectivity index is 2.19. The van der Waals surface area contributed by atoms with Crippen molar-refractivity contribution in [1.29, 1.82) is 0 Å². The molecular weight excluding hydrogens is 292 g/mol. The highest BCUT2D eigenvalue weighted by molar-refractivity contribution is 5.93. The lowest BCUT2D eigenvalue weighted by molar-refractivity contribution is 0.748. The minimum absolute atomic E-state index is 0.765. The van der Waals surface area contributed by atoms with E-state index in [4.69, 9.17) is 5.73 Å². The van der Waals surface area contributed by atoms with Gasteiger partial charge >= 0.3 is 0 Å². The highest BCUT2D eigenvalue weighted by Gasteiger charge is 2.15. The van der Waals surface area contributed by atoms with Crippen LogP contribution in [0, 0.1) is 13.8 Å². The van der Waals surface area contributed by atoms with Crippen molar-refractivity contribution in [3.05, 3.63) is 58.7 Å². The number of rotatable bonds is 6. The third-order valence-corrected chi connectivity index (χ3v) is 4.80. The average molecular weight is 320 g/mol. The first-order valence-corrected chi connectivity index (χ1v) is 9.05. The number of unbranched alkanes of at least 4 members (excludes halogenated alkanes) is 1. The molecule has 3 aromatic rings. The summed E-state index contributed by atoms with van der Waals surface area (Å²) in [4.78, 5) is 3.75. The number of fused-ring (bicyclic) bond motifs is 1. The molecule has 0 atom stereocenters. The van der Waals surface area contributed by atoms with Gasteiger partial charge in [-0.1, -0.05) is 42.3 Å². The maximum Gasteiger partial charge on any atom is 0.0497 e. The van der Waals surface area contributed by atoms with Gasteiger partial charge in [-0.2, -0.15) is 0 Å². The third-order valence-electron chi connectivity index (χ3n) is 4.80. The Morgan fingerprint density at radius 1 is 1.00 bits per heavy atom. The lowest BCUT2D eigenvalue weighted by atomic mass is 9.97. The first-order chi connectivity index (χ1) is 11.6. The summed E-state index contributed by atoms with van der Waals surface area (Å²) in [5.41, 5.74) is 15.1. The SMILES string of the molecule is CCc1cccc2c(CCCCN)c(-c3cc(C)cc(C)c3)[nH]c12. The molecule has 0 saturated carbocycles. The zero-order chi connectivity index (χ0) is 17.1. The molecule has 3 N–H and O–H groups in total. The van der Waals surface area contributed by atoms with E-state index in [1.54, 1.807) is 0 Å². The summed E-state index contributed by atoms with van der Waals surface area (Å²) in [6.45, 7) is 7.33. The molecule has 0 unspecified atom stereocenters. The van der Waals surface area contributed by atoms with Crippen molar-refractivity contribution < 1.29 is 0 Å². The molecule has 0 amide bonds. The van der Waals surface area contributed by atoms with Gasteiger partial charge in [0.1, 0.15) is 0 Å². The van der Waals surface area contributed by atoms with E-state index in [9.17, 15) is 0 Å². The Hall–Kier alpha value is -2.06. The minimum Gasteiger partial charge on any atom is -0.354 e. The fraction of sp³-hybridized carbons (Fsp3) is 0.364. The minimum atomic E-state index is 0.765. The molecule has 0 aliphatic carbocycles. The number of nitrogens with one attached hydrogen (secondary N) is 1. The van der Waals surface area contributed by atoms with Gasteiger partial charge in [0.2, 0.25) is 0 Å². The molecule has 0 fully saturated rings. The molecule has 3 rings (SSSR count). The number of benzene rings is 2. The Labute approximate surface area is 145 Å². The molecule has 2 nitrogen and oxygen atoms in total. The summed E-state index contributed by atoms with van der Waals surface area (Å²) in [6, 6.07) is 13.5. The fourth-order valence-electron chi connectivity index (χ4n) is 3.70. The van der Waals surface area contributed by atoms with Crippen LogP contribution < -0.4 is 5.73 Å². The lowest BCUT2D eigenvalue weighted by Gasteiger charge is -2.07. The van der Waals surface area contributed by atoms with Crippen molar-refractivity contribution in [2.45, 2.75) is 46.5 Å². The van der Waals surface area contributed by atoms with Crippen LogP contribution in [0.1, 0.15) is 42.0 Å². The normalized spacial score (nSPS) is 11.3. The molecule has 24 heavy (non-hydrogen) atoms. The maximum absolute atomic E-state index is 5.71. The van der Waals surface area contributed by atoms with Crippen LogP contribution in [-0.2, 0) is 12.8 Å². The van der Waals surface area contributed by atoms with E-state index >= 15 is 0 Å². The zero-order valence-electron chi connectivity index (χ0n) is 15.1. The van der Waals surface area contributed by atoms with Crippen LogP contribution in [0.4, 0.5) is 0 Å². The van der Waals surface area contributed by atoms with Crippen LogP contribution in [0.3, 0.4) is 0 Å². The molecule has 1 aromatic heterocycles. The number of aryl methyl sites for hydroxylation is 4. The van der Waals surface area contributed by atoms with Gasteiger partial charge in [0.15, 0.2) is 0 Å². The monoisotopic (exact) mass is 320 g/mol. The zero-order valence-corrected chi connectivity index (χ0v) is 15.1. The largest absolute Gasteiger partial charge is 0.354 e. The van der Waals surface area contributed by atoms with Gasteiger partial charge in [0, 0.05) is 16.6 Å². The molecule has 2 heteroatoms. The number of hydrogen-bond acceptors (Lipinski definition) is 1. The van der Waals surface area contributed by atoms with Gasteiger partial charge in [0.25, 0.3) is 0 Å². The van der Waals surface area contributed by atoms with Gasteiger partial charge in [-0.15, -0.1) is 0 Å². The van der Waals surface area contributed by atoms with Crippen LogP contribution in [-0.4, -0.2) is 11.5 Å². The summed E-state index contributed by atoms with van der Waals surface area (Å²) in [5.74, 6) is 0. The van der Waals surface area contributed by atoms with Crippen LogP contribution >= 0.6 is 0 Å². The smallest absolute Gasteiger partial charge is 0.0497 e. The molecular formula is C22H28N2. The van der Waals surface area contributed by atoms with Crippen molar-refractivity contribution in [2.75, 3.05) is 6.54 Å². The summed E-state index contributed by atoms with van der Waals surface area (Å²) in [7, 11) is 0. The number of para-hydroxylation sites is 1. The topological polar surface area (TPSA) is 41.8 Å². The Morgan fingerprint density at radius 2 is 1.75 bits per heavy atom. The van der Waals surface area contributed by atoms with Crippen LogP contribution in [0.25, 0.3) is 22.2 Å². The average Bonchev–Trinajstić information content (AvgIpc) is 2.93. The highest BCUT2D eigenvalue weighted by Crippen LogP contribution is 2.34. The van der Waals surface area contributed by atoms with Gasteiger partial charge in [-0.3, -0.25) is 0 Å². The molecule has 0 spiro atoms. The van der Waals surface area contributed by atoms with Gasteiger partial charge < -0.3 is 10.7 Å². The van der Waals surface area contributed by atoms with Crippen molar-refractivity contribution in [1.82, 2.24) is 4.98 Å². The fourth-order valence-corrected chi connectivity index (χ4v) is 3.70. The number of H-pyrrole nitrogens is 1. The second-order valence-corrected chi connectivity index (χ2v) is 6.79. The molecule has 0 bridgehead atoms. The molecule has 0 radical (unpaired) electrons. The number of nitrogens with two attached hydrogens (primary N) is 1. The Kier molecular flexibility index (Phi) is 5.06. The second kappa shape index (κ2) is 7.23. The quantitative estimate of drug-likeness (QED) is 0.595. The predicted molar refractivity (Wildman–Crippen MR) is 105 cm³/mol. The van der Waals surface area contributed by atoms with E-state index in [0.29, 0.717) is 0 Å². The van der Waals surface area contributed by atoms with Crippen LogP contribution in [0.2, 0.25) is 0 Å². The van der Waals surface area contributed by atoms with Crippen molar-refractivity contribution in [2.24, 2.45) is 5.73 Å². The number of hydrogen-bond donors (Lipinski definition) is 2. The standard InChI is InChI=1S/C22H28N2/c1-4-17-8-7-10-20-19(9-5-6-11-23)22(24-21(17)20)18-13-15(2)12-16(3)14-18/h7-8,10,12-14,24H,4-6,9,11,23H2,1-3H3. The molecule has 2 aromatic carbocycles. The van der Waals surface area contributed by atoms with Gasteiger partial charge in [-0.05, 0) is 74.9 Å². The number of aromatic nitrogens is 1. The van der Waals surface area contributed by atoms with E-state index in [2.05, 4.69) is 62.2 Å². The van der Waals surface area contributed by atoms with E-state index in [-0.39, 0.29) is 0 Å². The maximum atomic E-state index is 5.71. The molecule has 126 valence electrons. The first-order valence-electron chi connectivity index (χ1n) is 9.05. The van der Waals surface area contributed by atoms with Crippen molar-refractivity contribution in [3.63, 3.8) is 0 Å². The lowest BCUT2D eigenvalue weighted by Crippen LogP contribution is -1.99. The van der Waals surface area contributed by atoms with Gasteiger partial charge in [-0.25, -0.2) is 0 Å². The van der Waals surface area contributed by atoms with Crippen molar-refractivity contribution in [3.8, 4) is 11.3 Å². The summed E-state index contributed by atoms with van der Waals surface area (Å²) < 4.78 is 0. The Bertz CT molecular complexity index is 822. The summed E-state index contributed by atoms with van der Waals surface area (Å²) in [5, 5.41) is 1.38. The second-order valence-electron chi connectivity index (χ2n) is 6.79. The Morgan fingerprint density at radius 3 is 2.42 bits per heavy atom. The van der Waals surface area contributed by atoms with Crippen LogP contribution in [0.15, 0.2) is 36.4 Å². The third kappa shape index (κ3) is 3.25. The van der Waals surface area contributed by atoms with E-state index < -0.39 is 0 Å². The molecule has 1 heterocycles. The molecule has 0 aliphatic heterocycles. The van der Waals surface area contributed by atoms with E-state index in [1.807, 2.05) is 0 Å². The first kappa shape index (κ1) is 16.8. The van der Waals surface area contributed by atoms with E-state index in [0.717, 1.165) is 32.2 Å². The van der Waals surface area contributed by atoms with Crippen molar-refractivity contribution >= 4 is 10.9 Å². The molecule has 0 saturated heterocycles. The summed E-state index contributed by atoms with van der Waals surface area (Å²) >= 11 is 0. The highest BCUT2D eigenvalue weighted by atomic mass is 14.7.